The molecule has 0 aliphatic rings. The molecule has 0 spiro atoms. The second-order valence-corrected chi connectivity index (χ2v) is 5.75. The maximum Gasteiger partial charge on any atom is 0.185 e. The number of rotatable bonds is 2. The maximum absolute atomic E-state index is 11.2. The zero-order chi connectivity index (χ0) is 11.5. The van der Waals surface area contributed by atoms with Crippen LogP contribution in [0.3, 0.4) is 0 Å². The van der Waals surface area contributed by atoms with Crippen molar-refractivity contribution >= 4 is 31.8 Å². The van der Waals surface area contributed by atoms with E-state index in [-0.39, 0.29) is 4.91 Å². The van der Waals surface area contributed by atoms with Gasteiger partial charge in [0.25, 0.3) is 0 Å². The molecule has 0 radical (unpaired) electrons. The van der Waals surface area contributed by atoms with Crippen LogP contribution in [0.2, 0.25) is 0 Å². The number of halogens is 1. The maximum atomic E-state index is 11.2. The van der Waals surface area contributed by atoms with E-state index in [4.69, 9.17) is 5.26 Å². The quantitative estimate of drug-likeness (QED) is 0.784. The standard InChI is InChI=1S/C10H8BrNO2S/c1-15(13,14)9(7-12)6-8-4-2-3-5-10(8)11/h2-6H,1H3/b9-6+. The normalized spacial score (nSPS) is 12.2. The zero-order valence-corrected chi connectivity index (χ0v) is 10.3. The van der Waals surface area contributed by atoms with Crippen molar-refractivity contribution in [1.82, 2.24) is 0 Å². The van der Waals surface area contributed by atoms with E-state index in [0.717, 1.165) is 10.7 Å². The molecule has 0 N–H and O–H groups in total. The molecule has 1 aromatic rings. The molecule has 0 aliphatic heterocycles. The van der Waals surface area contributed by atoms with Crippen LogP contribution >= 0.6 is 15.9 Å². The Morgan fingerprint density at radius 3 is 2.53 bits per heavy atom. The van der Waals surface area contributed by atoms with Crippen molar-refractivity contribution < 1.29 is 8.42 Å². The van der Waals surface area contributed by atoms with Gasteiger partial charge in [-0.05, 0) is 17.7 Å². The minimum atomic E-state index is -3.45. The second-order valence-electron chi connectivity index (χ2n) is 2.91. The topological polar surface area (TPSA) is 57.9 Å². The largest absolute Gasteiger partial charge is 0.223 e. The van der Waals surface area contributed by atoms with Gasteiger partial charge in [0.05, 0.1) is 0 Å². The Morgan fingerprint density at radius 1 is 1.47 bits per heavy atom. The lowest BCUT2D eigenvalue weighted by Crippen LogP contribution is -1.98. The van der Waals surface area contributed by atoms with Gasteiger partial charge in [-0.15, -0.1) is 0 Å². The Hall–Kier alpha value is -1.12. The Balaban J connectivity index is 3.30. The van der Waals surface area contributed by atoms with E-state index < -0.39 is 9.84 Å². The first-order chi connectivity index (χ1) is 6.95. The average Bonchev–Trinajstić information content (AvgIpc) is 2.14. The lowest BCUT2D eigenvalue weighted by Gasteiger charge is -1.98. The van der Waals surface area contributed by atoms with Crippen LogP contribution in [0.25, 0.3) is 6.08 Å². The predicted octanol–water partition coefficient (Wildman–Crippen LogP) is 2.36. The molecule has 0 unspecified atom stereocenters. The monoisotopic (exact) mass is 285 g/mol. The molecule has 0 amide bonds. The summed E-state index contributed by atoms with van der Waals surface area (Å²) in [6.45, 7) is 0. The highest BCUT2D eigenvalue weighted by atomic mass is 79.9. The van der Waals surface area contributed by atoms with E-state index in [2.05, 4.69) is 15.9 Å². The van der Waals surface area contributed by atoms with E-state index >= 15 is 0 Å². The van der Waals surface area contributed by atoms with Crippen LogP contribution in [0.4, 0.5) is 0 Å². The zero-order valence-electron chi connectivity index (χ0n) is 7.94. The van der Waals surface area contributed by atoms with Crippen LogP contribution in [-0.4, -0.2) is 14.7 Å². The molecule has 0 bridgehead atoms. The lowest BCUT2D eigenvalue weighted by atomic mass is 10.2. The molecule has 3 nitrogen and oxygen atoms in total. The second kappa shape index (κ2) is 4.60. The van der Waals surface area contributed by atoms with Crippen molar-refractivity contribution in [3.63, 3.8) is 0 Å². The van der Waals surface area contributed by atoms with Crippen LogP contribution in [0.5, 0.6) is 0 Å². The highest BCUT2D eigenvalue weighted by Gasteiger charge is 2.10. The summed E-state index contributed by atoms with van der Waals surface area (Å²) in [5, 5.41) is 8.70. The summed E-state index contributed by atoms with van der Waals surface area (Å²) in [7, 11) is -3.45. The van der Waals surface area contributed by atoms with Crippen LogP contribution in [-0.2, 0) is 9.84 Å². The molecule has 5 heteroatoms. The van der Waals surface area contributed by atoms with Gasteiger partial charge in [-0.2, -0.15) is 5.26 Å². The predicted molar refractivity (Wildman–Crippen MR) is 62.6 cm³/mol. The van der Waals surface area contributed by atoms with Gasteiger partial charge in [-0.3, -0.25) is 0 Å². The Kier molecular flexibility index (Phi) is 3.66. The molecule has 0 heterocycles. The molecule has 0 aliphatic carbocycles. The SMILES string of the molecule is CS(=O)(=O)/C(C#N)=C/c1ccccc1Br. The van der Waals surface area contributed by atoms with Crippen molar-refractivity contribution in [3.8, 4) is 6.07 Å². The highest BCUT2D eigenvalue weighted by Crippen LogP contribution is 2.20. The Bertz CT molecular complexity index is 541. The smallest absolute Gasteiger partial charge is 0.185 e. The number of hydrogen-bond acceptors (Lipinski definition) is 3. The van der Waals surface area contributed by atoms with Crippen LogP contribution in [0, 0.1) is 11.3 Å². The Morgan fingerprint density at radius 2 is 2.07 bits per heavy atom. The van der Waals surface area contributed by atoms with Gasteiger partial charge in [0.1, 0.15) is 11.0 Å². The fraction of sp³-hybridized carbons (Fsp3) is 0.100. The van der Waals surface area contributed by atoms with Gasteiger partial charge in [-0.1, -0.05) is 34.1 Å². The number of allylic oxidation sites excluding steroid dienone is 1. The molecule has 15 heavy (non-hydrogen) atoms. The van der Waals surface area contributed by atoms with Crippen molar-refractivity contribution in [2.24, 2.45) is 0 Å². The third-order valence-electron chi connectivity index (χ3n) is 1.70. The number of benzene rings is 1. The number of nitriles is 1. The van der Waals surface area contributed by atoms with Crippen molar-refractivity contribution in [3.05, 3.63) is 39.2 Å². The van der Waals surface area contributed by atoms with Crippen molar-refractivity contribution in [2.45, 2.75) is 0 Å². The van der Waals surface area contributed by atoms with E-state index in [1.807, 2.05) is 6.07 Å². The summed E-state index contributed by atoms with van der Waals surface area (Å²) >= 11 is 3.27. The summed E-state index contributed by atoms with van der Waals surface area (Å²) in [6.07, 6.45) is 2.36. The minimum absolute atomic E-state index is 0.241. The average molecular weight is 286 g/mol. The number of nitrogens with zero attached hydrogens (tertiary/aromatic N) is 1. The van der Waals surface area contributed by atoms with E-state index in [1.54, 1.807) is 24.3 Å². The first-order valence-corrected chi connectivity index (χ1v) is 6.70. The Labute approximate surface area is 97.1 Å². The summed E-state index contributed by atoms with van der Waals surface area (Å²) in [6, 6.07) is 8.76. The first-order valence-electron chi connectivity index (χ1n) is 4.01. The molecule has 1 aromatic carbocycles. The molecule has 78 valence electrons. The molecule has 0 atom stereocenters. The number of sulfone groups is 1. The minimum Gasteiger partial charge on any atom is -0.223 e. The highest BCUT2D eigenvalue weighted by molar-refractivity contribution is 9.10. The van der Waals surface area contributed by atoms with Gasteiger partial charge in [-0.25, -0.2) is 8.42 Å². The van der Waals surface area contributed by atoms with E-state index in [0.29, 0.717) is 5.56 Å². The molecule has 0 aromatic heterocycles. The fourth-order valence-electron chi connectivity index (χ4n) is 0.956. The summed E-state index contributed by atoms with van der Waals surface area (Å²) in [5.74, 6) is 0. The molecule has 0 saturated carbocycles. The van der Waals surface area contributed by atoms with Gasteiger partial charge >= 0.3 is 0 Å². The van der Waals surface area contributed by atoms with Crippen LogP contribution in [0.1, 0.15) is 5.56 Å². The fourth-order valence-corrected chi connectivity index (χ4v) is 1.86. The summed E-state index contributed by atoms with van der Waals surface area (Å²) in [4.78, 5) is -0.241. The molecular weight excluding hydrogens is 278 g/mol. The van der Waals surface area contributed by atoms with E-state index in [9.17, 15) is 8.42 Å². The van der Waals surface area contributed by atoms with Gasteiger partial charge in [0.2, 0.25) is 0 Å². The lowest BCUT2D eigenvalue weighted by molar-refractivity contribution is 0.609. The van der Waals surface area contributed by atoms with Crippen LogP contribution < -0.4 is 0 Å². The third-order valence-corrected chi connectivity index (χ3v) is 3.43. The van der Waals surface area contributed by atoms with E-state index in [1.165, 1.54) is 6.08 Å². The van der Waals surface area contributed by atoms with Crippen LogP contribution in [0.15, 0.2) is 33.6 Å². The number of hydrogen-bond donors (Lipinski definition) is 0. The summed E-state index contributed by atoms with van der Waals surface area (Å²) < 4.78 is 23.1. The van der Waals surface area contributed by atoms with Gasteiger partial charge in [0.15, 0.2) is 9.84 Å². The molecule has 1 rings (SSSR count). The molecular formula is C10H8BrNO2S. The van der Waals surface area contributed by atoms with Crippen molar-refractivity contribution in [1.29, 1.82) is 5.26 Å². The first kappa shape index (κ1) is 12.0. The van der Waals surface area contributed by atoms with Gasteiger partial charge in [0, 0.05) is 10.7 Å². The molecule has 0 saturated heterocycles. The summed E-state index contributed by atoms with van der Waals surface area (Å²) in [5.41, 5.74) is 0.666. The van der Waals surface area contributed by atoms with Crippen molar-refractivity contribution in [2.75, 3.05) is 6.26 Å². The van der Waals surface area contributed by atoms with Gasteiger partial charge < -0.3 is 0 Å². The molecule has 0 fully saturated rings. The third kappa shape index (κ3) is 3.18.